The van der Waals surface area contributed by atoms with E-state index in [4.69, 9.17) is 0 Å². The first kappa shape index (κ1) is 12.5. The fourth-order valence-corrected chi connectivity index (χ4v) is 1.90. The van der Waals surface area contributed by atoms with E-state index in [1.807, 2.05) is 6.20 Å². The predicted octanol–water partition coefficient (Wildman–Crippen LogP) is 2.00. The molecule has 0 unspecified atom stereocenters. The normalized spacial score (nSPS) is 15.7. The average molecular weight is 230 g/mol. The summed E-state index contributed by atoms with van der Waals surface area (Å²) >= 11 is 0. The quantitative estimate of drug-likeness (QED) is 0.799. The Morgan fingerprint density at radius 1 is 1.47 bits per heavy atom. The lowest BCUT2D eigenvalue weighted by Crippen LogP contribution is -2.26. The van der Waals surface area contributed by atoms with Crippen molar-refractivity contribution in [2.45, 2.75) is 40.3 Å². The molecule has 2 heterocycles. The fourth-order valence-electron chi connectivity index (χ4n) is 1.90. The number of hydrogen-bond donors (Lipinski definition) is 1. The van der Waals surface area contributed by atoms with Gasteiger partial charge in [-0.25, -0.2) is 0 Å². The van der Waals surface area contributed by atoms with Crippen molar-refractivity contribution in [2.24, 2.45) is 5.41 Å². The standard InChI is InChI=1S/C11H19N3.ClH/c1-11(2,3)8-14-10-4-5-12-6-9(10)7-13-14;/h7,12H,4-6,8H2,1-3H3;1H. The van der Waals surface area contributed by atoms with E-state index in [-0.39, 0.29) is 12.4 Å². The van der Waals surface area contributed by atoms with Gasteiger partial charge in [0.25, 0.3) is 0 Å². The minimum absolute atomic E-state index is 0. The van der Waals surface area contributed by atoms with Crippen molar-refractivity contribution >= 4 is 12.4 Å². The lowest BCUT2D eigenvalue weighted by molar-refractivity contribution is 0.318. The largest absolute Gasteiger partial charge is 0.312 e. The molecule has 0 amide bonds. The molecule has 1 aliphatic rings. The molecule has 1 aliphatic heterocycles. The molecular weight excluding hydrogens is 210 g/mol. The number of rotatable bonds is 1. The maximum Gasteiger partial charge on any atom is 0.0537 e. The molecule has 4 heteroatoms. The molecule has 15 heavy (non-hydrogen) atoms. The van der Waals surface area contributed by atoms with E-state index in [1.54, 1.807) is 0 Å². The molecule has 0 radical (unpaired) electrons. The van der Waals surface area contributed by atoms with Crippen molar-refractivity contribution in [3.8, 4) is 0 Å². The Morgan fingerprint density at radius 2 is 2.20 bits per heavy atom. The number of aromatic nitrogens is 2. The van der Waals surface area contributed by atoms with Crippen molar-refractivity contribution in [3.63, 3.8) is 0 Å². The minimum atomic E-state index is 0. The van der Waals surface area contributed by atoms with Crippen LogP contribution in [-0.4, -0.2) is 16.3 Å². The predicted molar refractivity (Wildman–Crippen MR) is 64.3 cm³/mol. The van der Waals surface area contributed by atoms with Gasteiger partial charge in [-0.1, -0.05) is 20.8 Å². The van der Waals surface area contributed by atoms with Crippen molar-refractivity contribution in [1.82, 2.24) is 15.1 Å². The summed E-state index contributed by atoms with van der Waals surface area (Å²) in [5.74, 6) is 0. The van der Waals surface area contributed by atoms with Crippen LogP contribution in [0.4, 0.5) is 0 Å². The van der Waals surface area contributed by atoms with E-state index in [1.165, 1.54) is 11.3 Å². The number of hydrogen-bond acceptors (Lipinski definition) is 2. The monoisotopic (exact) mass is 229 g/mol. The molecule has 86 valence electrons. The van der Waals surface area contributed by atoms with Crippen molar-refractivity contribution in [1.29, 1.82) is 0 Å². The SMILES string of the molecule is CC(C)(C)Cn1ncc2c1CCNC2.Cl. The van der Waals surface area contributed by atoms with E-state index in [9.17, 15) is 0 Å². The zero-order chi connectivity index (χ0) is 10.2. The molecule has 1 N–H and O–H groups in total. The molecule has 0 saturated heterocycles. The molecule has 0 spiro atoms. The first-order chi connectivity index (χ1) is 6.56. The highest BCUT2D eigenvalue weighted by atomic mass is 35.5. The molecule has 0 fully saturated rings. The second kappa shape index (κ2) is 4.54. The number of fused-ring (bicyclic) bond motifs is 1. The summed E-state index contributed by atoms with van der Waals surface area (Å²) in [6.45, 7) is 9.84. The van der Waals surface area contributed by atoms with Gasteiger partial charge < -0.3 is 5.32 Å². The van der Waals surface area contributed by atoms with Crippen LogP contribution in [0.25, 0.3) is 0 Å². The molecule has 0 bridgehead atoms. The molecule has 1 aromatic rings. The van der Waals surface area contributed by atoms with E-state index in [0.29, 0.717) is 5.41 Å². The van der Waals surface area contributed by atoms with E-state index in [2.05, 4.69) is 35.9 Å². The summed E-state index contributed by atoms with van der Waals surface area (Å²) < 4.78 is 2.18. The van der Waals surface area contributed by atoms with Crippen molar-refractivity contribution in [2.75, 3.05) is 6.54 Å². The van der Waals surface area contributed by atoms with Gasteiger partial charge in [-0.3, -0.25) is 4.68 Å². The van der Waals surface area contributed by atoms with Crippen LogP contribution in [0.15, 0.2) is 6.20 Å². The molecule has 3 nitrogen and oxygen atoms in total. The lowest BCUT2D eigenvalue weighted by Gasteiger charge is -2.21. The molecule has 0 aliphatic carbocycles. The van der Waals surface area contributed by atoms with Gasteiger partial charge in [0, 0.05) is 37.3 Å². The van der Waals surface area contributed by atoms with Crippen LogP contribution in [0, 0.1) is 5.41 Å². The molecule has 2 rings (SSSR count). The lowest BCUT2D eigenvalue weighted by atomic mass is 9.97. The zero-order valence-corrected chi connectivity index (χ0v) is 10.5. The van der Waals surface area contributed by atoms with Crippen molar-refractivity contribution in [3.05, 3.63) is 17.5 Å². The summed E-state index contributed by atoms with van der Waals surface area (Å²) in [4.78, 5) is 0. The van der Waals surface area contributed by atoms with Crippen molar-refractivity contribution < 1.29 is 0 Å². The van der Waals surface area contributed by atoms with E-state index in [0.717, 1.165) is 26.1 Å². The van der Waals surface area contributed by atoms with Gasteiger partial charge >= 0.3 is 0 Å². The van der Waals surface area contributed by atoms with Gasteiger partial charge in [0.05, 0.1) is 6.20 Å². The molecular formula is C11H20ClN3. The highest BCUT2D eigenvalue weighted by molar-refractivity contribution is 5.85. The Kier molecular flexibility index (Phi) is 3.79. The minimum Gasteiger partial charge on any atom is -0.312 e. The molecule has 1 aromatic heterocycles. The van der Waals surface area contributed by atoms with Crippen LogP contribution in [0.3, 0.4) is 0 Å². The van der Waals surface area contributed by atoms with Crippen LogP contribution in [-0.2, 0) is 19.5 Å². The highest BCUT2D eigenvalue weighted by Crippen LogP contribution is 2.20. The Bertz CT molecular complexity index is 325. The fraction of sp³-hybridized carbons (Fsp3) is 0.727. The maximum atomic E-state index is 4.46. The molecule has 0 saturated carbocycles. The first-order valence-corrected chi connectivity index (χ1v) is 5.30. The van der Waals surface area contributed by atoms with Crippen LogP contribution >= 0.6 is 12.4 Å². The van der Waals surface area contributed by atoms with Gasteiger partial charge in [0.1, 0.15) is 0 Å². The van der Waals surface area contributed by atoms with Crippen LogP contribution < -0.4 is 5.32 Å². The van der Waals surface area contributed by atoms with Crippen LogP contribution in [0.2, 0.25) is 0 Å². The van der Waals surface area contributed by atoms with Gasteiger partial charge in [0.2, 0.25) is 0 Å². The molecule has 0 atom stereocenters. The van der Waals surface area contributed by atoms with Gasteiger partial charge in [-0.2, -0.15) is 5.10 Å². The molecule has 0 aromatic carbocycles. The average Bonchev–Trinajstić information content (AvgIpc) is 2.47. The zero-order valence-electron chi connectivity index (χ0n) is 9.71. The third-order valence-corrected chi connectivity index (χ3v) is 2.51. The Hall–Kier alpha value is -0.540. The Balaban J connectivity index is 0.00000112. The summed E-state index contributed by atoms with van der Waals surface area (Å²) in [6, 6.07) is 0. The van der Waals surface area contributed by atoms with Gasteiger partial charge in [-0.05, 0) is 5.41 Å². The van der Waals surface area contributed by atoms with Crippen LogP contribution in [0.1, 0.15) is 32.0 Å². The van der Waals surface area contributed by atoms with Gasteiger partial charge in [0.15, 0.2) is 0 Å². The number of nitrogens with one attached hydrogen (secondary N) is 1. The van der Waals surface area contributed by atoms with E-state index >= 15 is 0 Å². The second-order valence-corrected chi connectivity index (χ2v) is 5.26. The second-order valence-electron chi connectivity index (χ2n) is 5.26. The maximum absolute atomic E-state index is 4.46. The highest BCUT2D eigenvalue weighted by Gasteiger charge is 2.18. The topological polar surface area (TPSA) is 29.9 Å². The summed E-state index contributed by atoms with van der Waals surface area (Å²) in [6.07, 6.45) is 3.12. The van der Waals surface area contributed by atoms with E-state index < -0.39 is 0 Å². The smallest absolute Gasteiger partial charge is 0.0537 e. The first-order valence-electron chi connectivity index (χ1n) is 5.30. The summed E-state index contributed by atoms with van der Waals surface area (Å²) in [5.41, 5.74) is 3.11. The number of nitrogens with zero attached hydrogens (tertiary/aromatic N) is 2. The Labute approximate surface area is 97.7 Å². The third kappa shape index (κ3) is 2.95. The van der Waals surface area contributed by atoms with Gasteiger partial charge in [-0.15, -0.1) is 12.4 Å². The van der Waals surface area contributed by atoms with Crippen LogP contribution in [0.5, 0.6) is 0 Å². The summed E-state index contributed by atoms with van der Waals surface area (Å²) in [5, 5.41) is 7.82. The Morgan fingerprint density at radius 3 is 2.87 bits per heavy atom. The summed E-state index contributed by atoms with van der Waals surface area (Å²) in [7, 11) is 0. The third-order valence-electron chi connectivity index (χ3n) is 2.51. The number of halogens is 1.